The Hall–Kier alpha value is -2.07. The lowest BCUT2D eigenvalue weighted by molar-refractivity contribution is 0.312. The molecule has 0 spiro atoms. The van der Waals surface area contributed by atoms with Gasteiger partial charge >= 0.3 is 0 Å². The van der Waals surface area contributed by atoms with E-state index in [1.165, 1.54) is 0 Å². The van der Waals surface area contributed by atoms with Crippen molar-refractivity contribution in [3.8, 4) is 5.75 Å². The quantitative estimate of drug-likeness (QED) is 0.306. The summed E-state index contributed by atoms with van der Waals surface area (Å²) < 4.78 is 5.71. The maximum Gasteiger partial charge on any atom is 0.191 e. The number of ether oxygens (including phenoxy) is 1. The summed E-state index contributed by atoms with van der Waals surface area (Å²) in [5.74, 6) is 2.74. The van der Waals surface area contributed by atoms with E-state index in [4.69, 9.17) is 9.73 Å². The first kappa shape index (κ1) is 25.2. The van der Waals surface area contributed by atoms with Crippen LogP contribution in [-0.4, -0.2) is 62.2 Å². The number of nitrogens with one attached hydrogen (secondary N) is 2. The Morgan fingerprint density at radius 3 is 2.52 bits per heavy atom. The molecule has 170 valence electrons. The number of rotatable bonds is 8. The number of aromatic nitrogens is 1. The van der Waals surface area contributed by atoms with Crippen LogP contribution in [0.5, 0.6) is 5.75 Å². The van der Waals surface area contributed by atoms with Crippen molar-refractivity contribution in [1.29, 1.82) is 0 Å². The van der Waals surface area contributed by atoms with Crippen molar-refractivity contribution >= 4 is 35.8 Å². The van der Waals surface area contributed by atoms with Crippen LogP contribution in [0.4, 0.5) is 5.82 Å². The predicted octanol–water partition coefficient (Wildman–Crippen LogP) is 3.11. The van der Waals surface area contributed by atoms with Crippen LogP contribution in [0.1, 0.15) is 25.0 Å². The predicted molar refractivity (Wildman–Crippen MR) is 139 cm³/mol. The summed E-state index contributed by atoms with van der Waals surface area (Å²) in [6, 6.07) is 12.3. The minimum atomic E-state index is 0. The molecule has 0 aliphatic carbocycles. The van der Waals surface area contributed by atoms with Gasteiger partial charge < -0.3 is 25.2 Å². The minimum Gasteiger partial charge on any atom is -0.494 e. The molecular formula is C23H35IN6O. The number of nitrogens with zero attached hydrogens (tertiary/aromatic N) is 4. The first-order valence-corrected chi connectivity index (χ1v) is 10.8. The van der Waals surface area contributed by atoms with Gasteiger partial charge in [-0.05, 0) is 38.6 Å². The molecule has 0 atom stereocenters. The Morgan fingerprint density at radius 2 is 1.84 bits per heavy atom. The van der Waals surface area contributed by atoms with Crippen LogP contribution in [0.3, 0.4) is 0 Å². The lowest BCUT2D eigenvalue weighted by Crippen LogP contribution is -2.44. The van der Waals surface area contributed by atoms with Gasteiger partial charge in [0.2, 0.25) is 0 Å². The smallest absolute Gasteiger partial charge is 0.191 e. The largest absolute Gasteiger partial charge is 0.494 e. The van der Waals surface area contributed by atoms with Gasteiger partial charge in [-0.25, -0.2) is 9.98 Å². The number of guanidine groups is 1. The zero-order valence-electron chi connectivity index (χ0n) is 18.8. The van der Waals surface area contributed by atoms with E-state index < -0.39 is 0 Å². The van der Waals surface area contributed by atoms with E-state index >= 15 is 0 Å². The Labute approximate surface area is 203 Å². The second kappa shape index (κ2) is 13.4. The second-order valence-electron chi connectivity index (χ2n) is 7.40. The topological polar surface area (TPSA) is 65.0 Å². The molecule has 7 nitrogen and oxygen atoms in total. The van der Waals surface area contributed by atoms with Crippen LogP contribution in [0.15, 0.2) is 47.6 Å². The molecular weight excluding hydrogens is 503 g/mol. The fourth-order valence-electron chi connectivity index (χ4n) is 3.37. The number of anilines is 1. The molecule has 1 aliphatic rings. The second-order valence-corrected chi connectivity index (χ2v) is 7.40. The number of likely N-dealkylation sites (N-methyl/N-ethyl adjacent to an activating group) is 1. The van der Waals surface area contributed by atoms with Crippen LogP contribution in [0.2, 0.25) is 0 Å². The third-order valence-electron chi connectivity index (χ3n) is 5.12. The molecule has 2 aromatic rings. The third-order valence-corrected chi connectivity index (χ3v) is 5.12. The van der Waals surface area contributed by atoms with E-state index in [0.29, 0.717) is 19.7 Å². The Balaban J connectivity index is 0.00000341. The van der Waals surface area contributed by atoms with Gasteiger partial charge in [-0.3, -0.25) is 0 Å². The fourth-order valence-corrected chi connectivity index (χ4v) is 3.37. The zero-order valence-corrected chi connectivity index (χ0v) is 21.1. The summed E-state index contributed by atoms with van der Waals surface area (Å²) in [6.45, 7) is 11.0. The van der Waals surface area contributed by atoms with Crippen molar-refractivity contribution in [2.75, 3.05) is 51.3 Å². The summed E-state index contributed by atoms with van der Waals surface area (Å²) in [6.07, 6.45) is 1.94. The SMILES string of the molecule is CCNC(=NCc1ccc(N2CCN(C)CC2)nc1)NCc1ccccc1OCC.I. The maximum absolute atomic E-state index is 5.71. The average molecular weight is 538 g/mol. The summed E-state index contributed by atoms with van der Waals surface area (Å²) >= 11 is 0. The molecule has 1 aromatic heterocycles. The molecule has 2 heterocycles. The normalized spacial score (nSPS) is 14.7. The fraction of sp³-hybridized carbons (Fsp3) is 0.478. The first-order valence-electron chi connectivity index (χ1n) is 10.8. The lowest BCUT2D eigenvalue weighted by Gasteiger charge is -2.33. The number of benzene rings is 1. The summed E-state index contributed by atoms with van der Waals surface area (Å²) in [7, 11) is 2.16. The standard InChI is InChI=1S/C23H34N6O.HI/c1-4-24-23(27-18-20-8-6-7-9-21(20)30-5-2)26-17-19-10-11-22(25-16-19)29-14-12-28(3)13-15-29;/h6-11,16H,4-5,12-15,17-18H2,1-3H3,(H2,24,26,27);1H. The molecule has 1 saturated heterocycles. The molecule has 0 radical (unpaired) electrons. The van der Waals surface area contributed by atoms with E-state index in [-0.39, 0.29) is 24.0 Å². The van der Waals surface area contributed by atoms with Crippen LogP contribution < -0.4 is 20.3 Å². The van der Waals surface area contributed by atoms with Crippen molar-refractivity contribution < 1.29 is 4.74 Å². The van der Waals surface area contributed by atoms with Crippen molar-refractivity contribution in [3.05, 3.63) is 53.7 Å². The van der Waals surface area contributed by atoms with Gasteiger partial charge in [0.25, 0.3) is 0 Å². The molecule has 8 heteroatoms. The molecule has 1 aromatic carbocycles. The van der Waals surface area contributed by atoms with E-state index in [9.17, 15) is 0 Å². The van der Waals surface area contributed by atoms with Gasteiger partial charge in [-0.1, -0.05) is 24.3 Å². The van der Waals surface area contributed by atoms with Gasteiger partial charge in [0.1, 0.15) is 11.6 Å². The number of hydrogen-bond donors (Lipinski definition) is 2. The van der Waals surface area contributed by atoms with Crippen LogP contribution in [-0.2, 0) is 13.1 Å². The zero-order chi connectivity index (χ0) is 21.2. The molecule has 0 amide bonds. The third kappa shape index (κ3) is 7.84. The van der Waals surface area contributed by atoms with Crippen molar-refractivity contribution in [2.24, 2.45) is 4.99 Å². The number of pyridine rings is 1. The Morgan fingerprint density at radius 1 is 1.06 bits per heavy atom. The van der Waals surface area contributed by atoms with Crippen LogP contribution in [0, 0.1) is 0 Å². The van der Waals surface area contributed by atoms with Crippen molar-refractivity contribution in [1.82, 2.24) is 20.5 Å². The number of hydrogen-bond acceptors (Lipinski definition) is 5. The van der Waals surface area contributed by atoms with Crippen LogP contribution >= 0.6 is 24.0 Å². The van der Waals surface area contributed by atoms with E-state index in [0.717, 1.165) is 61.4 Å². The molecule has 0 unspecified atom stereocenters. The van der Waals surface area contributed by atoms with Crippen molar-refractivity contribution in [2.45, 2.75) is 26.9 Å². The monoisotopic (exact) mass is 538 g/mol. The molecule has 2 N–H and O–H groups in total. The van der Waals surface area contributed by atoms with Crippen LogP contribution in [0.25, 0.3) is 0 Å². The van der Waals surface area contributed by atoms with Crippen molar-refractivity contribution in [3.63, 3.8) is 0 Å². The highest BCUT2D eigenvalue weighted by atomic mass is 127. The van der Waals surface area contributed by atoms with E-state index in [1.54, 1.807) is 0 Å². The lowest BCUT2D eigenvalue weighted by atomic mass is 10.2. The summed E-state index contributed by atoms with van der Waals surface area (Å²) in [5, 5.41) is 6.71. The van der Waals surface area contributed by atoms with Gasteiger partial charge in [0.05, 0.1) is 13.2 Å². The Bertz CT molecular complexity index is 806. The van der Waals surface area contributed by atoms with E-state index in [2.05, 4.69) is 57.6 Å². The summed E-state index contributed by atoms with van der Waals surface area (Å²) in [5.41, 5.74) is 2.21. The number of para-hydroxylation sites is 1. The molecule has 0 bridgehead atoms. The number of aliphatic imine (C=N–C) groups is 1. The van der Waals surface area contributed by atoms with Gasteiger partial charge in [0, 0.05) is 51.0 Å². The highest BCUT2D eigenvalue weighted by Crippen LogP contribution is 2.17. The summed E-state index contributed by atoms with van der Waals surface area (Å²) in [4.78, 5) is 14.1. The first-order chi connectivity index (χ1) is 14.7. The van der Waals surface area contributed by atoms with E-state index in [1.807, 2.05) is 31.3 Å². The molecule has 1 fully saturated rings. The van der Waals surface area contributed by atoms with Gasteiger partial charge in [-0.2, -0.15) is 0 Å². The molecule has 31 heavy (non-hydrogen) atoms. The average Bonchev–Trinajstić information content (AvgIpc) is 2.78. The number of piperazine rings is 1. The highest BCUT2D eigenvalue weighted by Gasteiger charge is 2.14. The molecule has 3 rings (SSSR count). The Kier molecular flexibility index (Phi) is 10.9. The molecule has 0 saturated carbocycles. The van der Waals surface area contributed by atoms with Gasteiger partial charge in [-0.15, -0.1) is 24.0 Å². The highest BCUT2D eigenvalue weighted by molar-refractivity contribution is 14.0. The molecule has 1 aliphatic heterocycles. The minimum absolute atomic E-state index is 0. The maximum atomic E-state index is 5.71. The van der Waals surface area contributed by atoms with Gasteiger partial charge in [0.15, 0.2) is 5.96 Å². The number of halogens is 1.